The van der Waals surface area contributed by atoms with Gasteiger partial charge in [0, 0.05) is 24.7 Å². The van der Waals surface area contributed by atoms with Crippen molar-refractivity contribution in [1.82, 2.24) is 14.8 Å². The minimum atomic E-state index is 0.137. The zero-order valence-corrected chi connectivity index (χ0v) is 13.4. The Labute approximate surface area is 136 Å². The molecular formula is C18H22N4O. The first-order valence-corrected chi connectivity index (χ1v) is 8.43. The molecule has 1 N–H and O–H groups in total. The minimum absolute atomic E-state index is 0.137. The molecule has 1 amide bonds. The van der Waals surface area contributed by atoms with E-state index in [0.717, 1.165) is 28.9 Å². The molecule has 0 unspecified atom stereocenters. The van der Waals surface area contributed by atoms with Gasteiger partial charge in [-0.2, -0.15) is 0 Å². The van der Waals surface area contributed by atoms with Crippen LogP contribution < -0.4 is 5.32 Å². The van der Waals surface area contributed by atoms with Crippen LogP contribution >= 0.6 is 0 Å². The van der Waals surface area contributed by atoms with Crippen molar-refractivity contribution in [3.05, 3.63) is 30.6 Å². The van der Waals surface area contributed by atoms with Crippen LogP contribution in [0.2, 0.25) is 0 Å². The monoisotopic (exact) mass is 310 g/mol. The largest absolute Gasteiger partial charge is 0.326 e. The molecule has 1 aromatic carbocycles. The summed E-state index contributed by atoms with van der Waals surface area (Å²) in [7, 11) is 1.91. The van der Waals surface area contributed by atoms with Crippen LogP contribution in [-0.4, -0.2) is 20.7 Å². The number of rotatable bonds is 4. The fourth-order valence-electron chi connectivity index (χ4n) is 4.36. The van der Waals surface area contributed by atoms with Crippen molar-refractivity contribution in [2.75, 3.05) is 5.32 Å². The highest BCUT2D eigenvalue weighted by Crippen LogP contribution is 2.49. The summed E-state index contributed by atoms with van der Waals surface area (Å²) >= 11 is 0. The maximum Gasteiger partial charge on any atom is 0.224 e. The van der Waals surface area contributed by atoms with Gasteiger partial charge in [-0.3, -0.25) is 4.79 Å². The first kappa shape index (κ1) is 14.4. The summed E-state index contributed by atoms with van der Waals surface area (Å²) < 4.78 is 1.87. The van der Waals surface area contributed by atoms with Crippen LogP contribution in [0, 0.1) is 17.8 Å². The lowest BCUT2D eigenvalue weighted by Gasteiger charge is -2.20. The van der Waals surface area contributed by atoms with Crippen molar-refractivity contribution < 1.29 is 4.79 Å². The highest BCUT2D eigenvalue weighted by atomic mass is 16.1. The number of carbonyl (C=O) groups is 1. The van der Waals surface area contributed by atoms with Crippen LogP contribution in [0.25, 0.3) is 11.4 Å². The summed E-state index contributed by atoms with van der Waals surface area (Å²) in [5.41, 5.74) is 1.79. The lowest BCUT2D eigenvalue weighted by molar-refractivity contribution is -0.117. The quantitative estimate of drug-likeness (QED) is 0.943. The summed E-state index contributed by atoms with van der Waals surface area (Å²) in [6, 6.07) is 7.81. The van der Waals surface area contributed by atoms with E-state index in [-0.39, 0.29) is 5.91 Å². The number of amides is 1. The lowest BCUT2D eigenvalue weighted by atomic mass is 9.86. The summed E-state index contributed by atoms with van der Waals surface area (Å²) in [4.78, 5) is 12.4. The normalized spacial score (nSPS) is 25.7. The number of fused-ring (bicyclic) bond motifs is 2. The Morgan fingerprint density at radius 2 is 2.26 bits per heavy atom. The Hall–Kier alpha value is -2.17. The molecule has 2 aliphatic rings. The first-order valence-electron chi connectivity index (χ1n) is 8.43. The number of anilines is 1. The molecule has 1 heterocycles. The molecule has 2 aliphatic carbocycles. The highest BCUT2D eigenvalue weighted by Gasteiger charge is 2.40. The Balaban J connectivity index is 1.42. The van der Waals surface area contributed by atoms with E-state index in [2.05, 4.69) is 15.5 Å². The molecule has 23 heavy (non-hydrogen) atoms. The van der Waals surface area contributed by atoms with Gasteiger partial charge in [-0.05, 0) is 49.1 Å². The summed E-state index contributed by atoms with van der Waals surface area (Å²) in [6.07, 6.45) is 7.63. The standard InChI is InChI=1S/C18H22N4O/c1-22-11-19-21-18(22)14-3-2-4-16(9-14)20-17(23)10-15-8-12-5-6-13(15)7-12/h2-4,9,11-13,15H,5-8,10H2,1H3,(H,20,23)/t12-,13-,15+/m0/s1. The minimum Gasteiger partial charge on any atom is -0.326 e. The molecule has 2 saturated carbocycles. The number of aryl methyl sites for hydroxylation is 1. The van der Waals surface area contributed by atoms with Crippen LogP contribution in [-0.2, 0) is 11.8 Å². The van der Waals surface area contributed by atoms with Crippen molar-refractivity contribution in [2.45, 2.75) is 32.1 Å². The number of aromatic nitrogens is 3. The Morgan fingerprint density at radius 1 is 1.35 bits per heavy atom. The number of benzene rings is 1. The fraction of sp³-hybridized carbons (Fsp3) is 0.500. The molecule has 0 radical (unpaired) electrons. The average Bonchev–Trinajstić information content (AvgIpc) is 3.24. The van der Waals surface area contributed by atoms with Gasteiger partial charge in [0.25, 0.3) is 0 Å². The molecule has 0 spiro atoms. The van der Waals surface area contributed by atoms with E-state index in [9.17, 15) is 4.79 Å². The third kappa shape index (κ3) is 2.87. The van der Waals surface area contributed by atoms with Gasteiger partial charge < -0.3 is 9.88 Å². The zero-order chi connectivity index (χ0) is 15.8. The van der Waals surface area contributed by atoms with Gasteiger partial charge in [0.1, 0.15) is 6.33 Å². The van der Waals surface area contributed by atoms with Gasteiger partial charge >= 0.3 is 0 Å². The van der Waals surface area contributed by atoms with Gasteiger partial charge in [-0.25, -0.2) is 0 Å². The molecule has 120 valence electrons. The SMILES string of the molecule is Cn1cnnc1-c1cccc(NC(=O)C[C@H]2C[C@H]3CC[C@H]2C3)c1. The van der Waals surface area contributed by atoms with Crippen LogP contribution in [0.3, 0.4) is 0 Å². The van der Waals surface area contributed by atoms with Crippen LogP contribution in [0.5, 0.6) is 0 Å². The lowest BCUT2D eigenvalue weighted by Crippen LogP contribution is -2.20. The van der Waals surface area contributed by atoms with E-state index in [1.54, 1.807) is 6.33 Å². The second kappa shape index (κ2) is 5.80. The van der Waals surface area contributed by atoms with E-state index >= 15 is 0 Å². The van der Waals surface area contributed by atoms with E-state index in [1.165, 1.54) is 25.7 Å². The van der Waals surface area contributed by atoms with Gasteiger partial charge in [0.15, 0.2) is 5.82 Å². The van der Waals surface area contributed by atoms with Crippen molar-refractivity contribution in [3.63, 3.8) is 0 Å². The molecule has 0 saturated heterocycles. The topological polar surface area (TPSA) is 59.8 Å². The van der Waals surface area contributed by atoms with Gasteiger partial charge in [-0.15, -0.1) is 10.2 Å². The van der Waals surface area contributed by atoms with E-state index in [4.69, 9.17) is 0 Å². The van der Waals surface area contributed by atoms with E-state index in [1.807, 2.05) is 35.9 Å². The van der Waals surface area contributed by atoms with Crippen molar-refractivity contribution >= 4 is 11.6 Å². The maximum atomic E-state index is 12.4. The van der Waals surface area contributed by atoms with E-state index in [0.29, 0.717) is 12.3 Å². The number of carbonyl (C=O) groups excluding carboxylic acids is 1. The third-order valence-electron chi connectivity index (χ3n) is 5.45. The molecule has 5 nitrogen and oxygen atoms in total. The second-order valence-electron chi connectivity index (χ2n) is 7.03. The highest BCUT2D eigenvalue weighted by molar-refractivity contribution is 5.91. The van der Waals surface area contributed by atoms with Crippen molar-refractivity contribution in [2.24, 2.45) is 24.8 Å². The molecule has 3 atom stereocenters. The second-order valence-corrected chi connectivity index (χ2v) is 7.03. The first-order chi connectivity index (χ1) is 11.2. The molecule has 2 fully saturated rings. The predicted octanol–water partition coefficient (Wildman–Crippen LogP) is 3.25. The third-order valence-corrected chi connectivity index (χ3v) is 5.45. The zero-order valence-electron chi connectivity index (χ0n) is 13.4. The molecule has 2 bridgehead atoms. The van der Waals surface area contributed by atoms with Gasteiger partial charge in [0.05, 0.1) is 0 Å². The van der Waals surface area contributed by atoms with Crippen molar-refractivity contribution in [1.29, 1.82) is 0 Å². The summed E-state index contributed by atoms with van der Waals surface area (Å²) in [5, 5.41) is 11.1. The van der Waals surface area contributed by atoms with Crippen LogP contribution in [0.1, 0.15) is 32.1 Å². The Bertz CT molecular complexity index is 723. The number of nitrogens with zero attached hydrogens (tertiary/aromatic N) is 3. The predicted molar refractivity (Wildman–Crippen MR) is 88.6 cm³/mol. The van der Waals surface area contributed by atoms with Crippen LogP contribution in [0.15, 0.2) is 30.6 Å². The molecule has 2 aromatic rings. The van der Waals surface area contributed by atoms with E-state index < -0.39 is 0 Å². The average molecular weight is 310 g/mol. The summed E-state index contributed by atoms with van der Waals surface area (Å²) in [6.45, 7) is 0. The number of hydrogen-bond donors (Lipinski definition) is 1. The van der Waals surface area contributed by atoms with Gasteiger partial charge in [0.2, 0.25) is 5.91 Å². The smallest absolute Gasteiger partial charge is 0.224 e. The number of nitrogens with one attached hydrogen (secondary N) is 1. The molecule has 5 heteroatoms. The van der Waals surface area contributed by atoms with Crippen molar-refractivity contribution in [3.8, 4) is 11.4 Å². The Morgan fingerprint density at radius 3 is 2.96 bits per heavy atom. The maximum absolute atomic E-state index is 12.4. The molecule has 4 rings (SSSR count). The fourth-order valence-corrected chi connectivity index (χ4v) is 4.36. The van der Waals surface area contributed by atoms with Crippen LogP contribution in [0.4, 0.5) is 5.69 Å². The van der Waals surface area contributed by atoms with Gasteiger partial charge in [-0.1, -0.05) is 18.6 Å². The molecular weight excluding hydrogens is 288 g/mol. The number of hydrogen-bond acceptors (Lipinski definition) is 3. The molecule has 0 aliphatic heterocycles. The molecule has 1 aromatic heterocycles. The summed E-state index contributed by atoms with van der Waals surface area (Å²) in [5.74, 6) is 3.20. The Kier molecular flexibility index (Phi) is 3.63.